The standard InChI is InChI=1S/C32H22N2O5/c33-19-5-9-21(10-6-19)36-23-13-15-27-29(17-23)38-30-18-24(37-22-11-7-20(34)8-12-22)14-16-28(30)32(27)26-4-2-1-3-25(26)31(35)39-32/h1-18H,33-34H2. The highest BCUT2D eigenvalue weighted by Crippen LogP contribution is 2.57. The number of carbonyl (C=O) groups excluding carboxylic acids is 1. The van der Waals surface area contributed by atoms with Crippen LogP contribution >= 0.6 is 0 Å². The largest absolute Gasteiger partial charge is 0.457 e. The van der Waals surface area contributed by atoms with Crippen LogP contribution in [0, 0.1) is 0 Å². The first kappa shape index (κ1) is 22.7. The Balaban J connectivity index is 1.35. The highest BCUT2D eigenvalue weighted by Gasteiger charge is 2.53. The van der Waals surface area contributed by atoms with E-state index in [9.17, 15) is 4.79 Å². The van der Waals surface area contributed by atoms with Crippen molar-refractivity contribution in [2.45, 2.75) is 5.60 Å². The maximum Gasteiger partial charge on any atom is 0.340 e. The summed E-state index contributed by atoms with van der Waals surface area (Å²) in [5, 5.41) is 0. The molecule has 0 amide bonds. The Morgan fingerprint density at radius 1 is 0.564 bits per heavy atom. The number of esters is 1. The number of anilines is 2. The smallest absolute Gasteiger partial charge is 0.340 e. The van der Waals surface area contributed by atoms with Crippen molar-refractivity contribution in [1.29, 1.82) is 0 Å². The average molecular weight is 515 g/mol. The number of rotatable bonds is 4. The van der Waals surface area contributed by atoms with E-state index in [1.807, 2.05) is 42.5 Å². The number of hydrogen-bond donors (Lipinski definition) is 2. The summed E-state index contributed by atoms with van der Waals surface area (Å²) < 4.78 is 24.8. The van der Waals surface area contributed by atoms with Gasteiger partial charge >= 0.3 is 5.97 Å². The fourth-order valence-corrected chi connectivity index (χ4v) is 5.11. The fourth-order valence-electron chi connectivity index (χ4n) is 5.11. The zero-order valence-corrected chi connectivity index (χ0v) is 20.6. The van der Waals surface area contributed by atoms with Gasteiger partial charge in [-0.15, -0.1) is 0 Å². The van der Waals surface area contributed by atoms with Crippen LogP contribution in [-0.2, 0) is 10.3 Å². The third kappa shape index (κ3) is 3.71. The van der Waals surface area contributed by atoms with E-state index in [2.05, 4.69) is 0 Å². The summed E-state index contributed by atoms with van der Waals surface area (Å²) in [4.78, 5) is 13.1. The van der Waals surface area contributed by atoms with Gasteiger partial charge in [0.1, 0.15) is 34.5 Å². The second-order valence-corrected chi connectivity index (χ2v) is 9.38. The van der Waals surface area contributed by atoms with Crippen LogP contribution in [0.3, 0.4) is 0 Å². The Bertz CT molecular complexity index is 1650. The molecule has 0 fully saturated rings. The molecule has 0 saturated heterocycles. The van der Waals surface area contributed by atoms with Crippen LogP contribution in [0.15, 0.2) is 109 Å². The summed E-state index contributed by atoms with van der Waals surface area (Å²) in [6.07, 6.45) is 0. The molecule has 0 saturated carbocycles. The maximum absolute atomic E-state index is 13.1. The third-order valence-electron chi connectivity index (χ3n) is 6.89. The highest BCUT2D eigenvalue weighted by molar-refractivity contribution is 5.97. The van der Waals surface area contributed by atoms with Gasteiger partial charge in [-0.2, -0.15) is 0 Å². The first-order chi connectivity index (χ1) is 19.0. The van der Waals surface area contributed by atoms with Crippen LogP contribution in [0.4, 0.5) is 11.4 Å². The van der Waals surface area contributed by atoms with Crippen molar-refractivity contribution in [3.05, 3.63) is 131 Å². The molecule has 2 aliphatic heterocycles. The number of carbonyl (C=O) groups is 1. The Morgan fingerprint density at radius 2 is 1.05 bits per heavy atom. The third-order valence-corrected chi connectivity index (χ3v) is 6.89. The number of benzene rings is 5. The molecule has 0 aromatic heterocycles. The minimum atomic E-state index is -1.18. The quantitative estimate of drug-likeness (QED) is 0.196. The van der Waals surface area contributed by atoms with Gasteiger partial charge in [-0.1, -0.05) is 18.2 Å². The Labute approximate surface area is 224 Å². The van der Waals surface area contributed by atoms with E-state index in [1.165, 1.54) is 0 Å². The fraction of sp³-hybridized carbons (Fsp3) is 0.0312. The first-order valence-electron chi connectivity index (χ1n) is 12.4. The molecule has 0 atom stereocenters. The molecule has 5 aromatic rings. The van der Waals surface area contributed by atoms with Gasteiger partial charge in [0.2, 0.25) is 0 Å². The summed E-state index contributed by atoms with van der Waals surface area (Å²) in [7, 11) is 0. The van der Waals surface area contributed by atoms with E-state index >= 15 is 0 Å². The van der Waals surface area contributed by atoms with Gasteiger partial charge in [0.25, 0.3) is 0 Å². The maximum atomic E-state index is 13.1. The van der Waals surface area contributed by atoms with E-state index in [4.69, 9.17) is 30.4 Å². The molecule has 1 spiro atoms. The van der Waals surface area contributed by atoms with Crippen molar-refractivity contribution in [2.75, 3.05) is 11.5 Å². The summed E-state index contributed by atoms with van der Waals surface area (Å²) >= 11 is 0. The van der Waals surface area contributed by atoms with Crippen LogP contribution in [0.25, 0.3) is 0 Å². The molecule has 5 aromatic carbocycles. The monoisotopic (exact) mass is 514 g/mol. The number of hydrogen-bond acceptors (Lipinski definition) is 7. The van der Waals surface area contributed by atoms with Gasteiger partial charge in [-0.25, -0.2) is 4.79 Å². The molecule has 0 aliphatic carbocycles. The predicted molar refractivity (Wildman–Crippen MR) is 147 cm³/mol. The van der Waals surface area contributed by atoms with Gasteiger partial charge in [0, 0.05) is 40.2 Å². The summed E-state index contributed by atoms with van der Waals surface area (Å²) in [6, 6.07) is 32.7. The van der Waals surface area contributed by atoms with Gasteiger partial charge in [0.05, 0.1) is 5.56 Å². The van der Waals surface area contributed by atoms with Crippen molar-refractivity contribution in [3.8, 4) is 34.5 Å². The number of fused-ring (bicyclic) bond motifs is 6. The van der Waals surface area contributed by atoms with E-state index in [-0.39, 0.29) is 0 Å². The Morgan fingerprint density at radius 3 is 1.59 bits per heavy atom. The molecule has 2 aliphatic rings. The summed E-state index contributed by atoms with van der Waals surface area (Å²) in [5.74, 6) is 3.00. The van der Waals surface area contributed by atoms with Crippen LogP contribution in [0.2, 0.25) is 0 Å². The van der Waals surface area contributed by atoms with Gasteiger partial charge in [-0.05, 0) is 78.9 Å². The molecular weight excluding hydrogens is 492 g/mol. The molecular formula is C32H22N2O5. The molecule has 7 heteroatoms. The average Bonchev–Trinajstić information content (AvgIpc) is 3.24. The molecule has 2 heterocycles. The van der Waals surface area contributed by atoms with Crippen LogP contribution in [0.1, 0.15) is 27.0 Å². The lowest BCUT2D eigenvalue weighted by Gasteiger charge is -2.36. The molecule has 0 radical (unpaired) electrons. The van der Waals surface area contributed by atoms with Crippen LogP contribution in [-0.4, -0.2) is 5.97 Å². The zero-order chi connectivity index (χ0) is 26.6. The van der Waals surface area contributed by atoms with Crippen molar-refractivity contribution in [1.82, 2.24) is 0 Å². The van der Waals surface area contributed by atoms with Gasteiger partial charge in [0.15, 0.2) is 5.60 Å². The van der Waals surface area contributed by atoms with Gasteiger partial charge in [-0.3, -0.25) is 0 Å². The van der Waals surface area contributed by atoms with Gasteiger partial charge < -0.3 is 30.4 Å². The normalized spacial score (nSPS) is 14.0. The minimum absolute atomic E-state index is 0.395. The van der Waals surface area contributed by atoms with Crippen molar-refractivity contribution in [2.24, 2.45) is 0 Å². The molecule has 7 nitrogen and oxygen atoms in total. The van der Waals surface area contributed by atoms with Crippen LogP contribution < -0.4 is 25.7 Å². The van der Waals surface area contributed by atoms with Crippen LogP contribution in [0.5, 0.6) is 34.5 Å². The highest BCUT2D eigenvalue weighted by atomic mass is 16.6. The zero-order valence-electron chi connectivity index (χ0n) is 20.6. The van der Waals surface area contributed by atoms with E-state index in [0.717, 1.165) is 5.56 Å². The Kier molecular flexibility index (Phi) is 4.99. The number of ether oxygens (including phenoxy) is 4. The molecule has 0 unspecified atom stereocenters. The number of nitrogens with two attached hydrogens (primary N) is 2. The van der Waals surface area contributed by atoms with Crippen molar-refractivity contribution < 1.29 is 23.7 Å². The predicted octanol–water partition coefficient (Wildman–Crippen LogP) is 7.00. The second kappa shape index (κ2) is 8.56. The second-order valence-electron chi connectivity index (χ2n) is 9.38. The van der Waals surface area contributed by atoms with E-state index in [1.54, 1.807) is 66.7 Å². The first-order valence-corrected chi connectivity index (χ1v) is 12.4. The summed E-state index contributed by atoms with van der Waals surface area (Å²) in [6.45, 7) is 0. The van der Waals surface area contributed by atoms with E-state index in [0.29, 0.717) is 62.6 Å². The minimum Gasteiger partial charge on any atom is -0.457 e. The lowest BCUT2D eigenvalue weighted by molar-refractivity contribution is 0.0224. The van der Waals surface area contributed by atoms with E-state index < -0.39 is 11.6 Å². The molecule has 190 valence electrons. The SMILES string of the molecule is Nc1ccc(Oc2ccc3c(c2)Oc2cc(Oc4ccc(N)cc4)ccc2C32OC(=O)c3ccccc32)cc1. The molecule has 39 heavy (non-hydrogen) atoms. The molecule has 0 bridgehead atoms. The Hall–Kier alpha value is -5.43. The molecule has 7 rings (SSSR count). The summed E-state index contributed by atoms with van der Waals surface area (Å²) in [5.41, 5.74) is 14.4. The molecule has 4 N–H and O–H groups in total. The lowest BCUT2D eigenvalue weighted by atomic mass is 9.77. The number of nitrogen functional groups attached to an aromatic ring is 2. The van der Waals surface area contributed by atoms with Crippen molar-refractivity contribution in [3.63, 3.8) is 0 Å². The lowest BCUT2D eigenvalue weighted by Crippen LogP contribution is -2.33. The topological polar surface area (TPSA) is 106 Å². The van der Waals surface area contributed by atoms with Crippen molar-refractivity contribution >= 4 is 17.3 Å².